The van der Waals surface area contributed by atoms with Crippen LogP contribution in [0.15, 0.2) is 0 Å². The van der Waals surface area contributed by atoms with E-state index in [1.54, 1.807) is 0 Å². The Labute approximate surface area is 137 Å². The molecule has 1 aliphatic carbocycles. The van der Waals surface area contributed by atoms with Crippen LogP contribution in [0.4, 0.5) is 0 Å². The number of nitrogens with zero attached hydrogens (tertiary/aromatic N) is 1. The van der Waals surface area contributed by atoms with Crippen LogP contribution >= 0.6 is 12.6 Å². The van der Waals surface area contributed by atoms with E-state index < -0.39 is 0 Å². The molecule has 0 aromatic carbocycles. The lowest BCUT2D eigenvalue weighted by atomic mass is 9.70. The number of thiol groups is 1. The van der Waals surface area contributed by atoms with Crippen molar-refractivity contribution in [2.24, 2.45) is 11.3 Å². The second-order valence-electron chi connectivity index (χ2n) is 7.69. The molecule has 1 N–H and O–H groups in total. The van der Waals surface area contributed by atoms with Gasteiger partial charge < -0.3 is 10.0 Å². The van der Waals surface area contributed by atoms with Gasteiger partial charge in [-0.3, -0.25) is 0 Å². The first-order chi connectivity index (χ1) is 10.1. The van der Waals surface area contributed by atoms with Crippen LogP contribution in [-0.4, -0.2) is 41.0 Å². The molecular formula is C18H35NOS. The monoisotopic (exact) mass is 313 g/mol. The zero-order valence-electron chi connectivity index (χ0n) is 14.1. The lowest BCUT2D eigenvalue weighted by molar-refractivity contribution is -0.100. The maximum absolute atomic E-state index is 10.8. The highest BCUT2D eigenvalue weighted by molar-refractivity contribution is 7.80. The third kappa shape index (κ3) is 4.17. The second kappa shape index (κ2) is 7.70. The highest BCUT2D eigenvalue weighted by atomic mass is 32.1. The summed E-state index contributed by atoms with van der Waals surface area (Å²) in [5.74, 6) is 1.51. The molecule has 0 radical (unpaired) electrons. The second-order valence-corrected chi connectivity index (χ2v) is 8.01. The van der Waals surface area contributed by atoms with E-state index in [4.69, 9.17) is 12.6 Å². The van der Waals surface area contributed by atoms with E-state index in [-0.39, 0.29) is 5.60 Å². The van der Waals surface area contributed by atoms with Crippen LogP contribution in [0.5, 0.6) is 0 Å². The van der Waals surface area contributed by atoms with Crippen molar-refractivity contribution >= 4 is 12.6 Å². The number of rotatable bonds is 7. The minimum atomic E-state index is -0.339. The Morgan fingerprint density at radius 3 is 2.52 bits per heavy atom. The molecule has 1 heterocycles. The van der Waals surface area contributed by atoms with E-state index in [1.165, 1.54) is 51.5 Å². The number of likely N-dealkylation sites (tertiary alicyclic amines) is 1. The number of piperidine rings is 1. The van der Waals surface area contributed by atoms with E-state index in [9.17, 15) is 5.11 Å². The van der Waals surface area contributed by atoms with Crippen LogP contribution in [0, 0.1) is 11.3 Å². The summed E-state index contributed by atoms with van der Waals surface area (Å²) in [7, 11) is 0. The highest BCUT2D eigenvalue weighted by Crippen LogP contribution is 2.41. The van der Waals surface area contributed by atoms with E-state index in [2.05, 4.69) is 18.7 Å². The maximum atomic E-state index is 10.8. The average molecular weight is 314 g/mol. The van der Waals surface area contributed by atoms with Gasteiger partial charge in [0.05, 0.1) is 5.60 Å². The van der Waals surface area contributed by atoms with E-state index in [1.807, 2.05) is 0 Å². The number of aliphatic hydroxyl groups is 1. The van der Waals surface area contributed by atoms with Crippen molar-refractivity contribution < 1.29 is 5.11 Å². The summed E-state index contributed by atoms with van der Waals surface area (Å²) in [5, 5.41) is 10.8. The van der Waals surface area contributed by atoms with Gasteiger partial charge in [-0.2, -0.15) is 12.6 Å². The van der Waals surface area contributed by atoms with Crippen LogP contribution in [0.25, 0.3) is 0 Å². The molecule has 2 rings (SSSR count). The molecular weight excluding hydrogens is 278 g/mol. The van der Waals surface area contributed by atoms with Crippen LogP contribution in [0.3, 0.4) is 0 Å². The molecule has 2 unspecified atom stereocenters. The molecule has 0 spiro atoms. The maximum Gasteiger partial charge on any atom is 0.0700 e. The van der Waals surface area contributed by atoms with Gasteiger partial charge in [0.25, 0.3) is 0 Å². The first kappa shape index (κ1) is 17.6. The number of hydrogen-bond donors (Lipinski definition) is 2. The Hall–Kier alpha value is 0.270. The van der Waals surface area contributed by atoms with Gasteiger partial charge in [-0.15, -0.1) is 0 Å². The first-order valence-corrected chi connectivity index (χ1v) is 9.76. The fraction of sp³-hybridized carbons (Fsp3) is 1.00. The van der Waals surface area contributed by atoms with Crippen LogP contribution in [-0.2, 0) is 0 Å². The summed E-state index contributed by atoms with van der Waals surface area (Å²) in [6, 6.07) is 0. The molecule has 2 fully saturated rings. The molecule has 0 aromatic heterocycles. The predicted molar refractivity (Wildman–Crippen MR) is 94.1 cm³/mol. The van der Waals surface area contributed by atoms with E-state index in [0.29, 0.717) is 11.3 Å². The number of hydrogen-bond acceptors (Lipinski definition) is 3. The minimum absolute atomic E-state index is 0.339. The molecule has 2 aliphatic rings. The standard InChI is InChI=1S/C18H35NOS/c1-3-8-17(15-21,9-4-2)14-19-12-11-18(20)10-6-5-7-16(18)13-19/h16,20-21H,3-15H2,1-2H3. The van der Waals surface area contributed by atoms with Crippen molar-refractivity contribution in [1.29, 1.82) is 0 Å². The smallest absolute Gasteiger partial charge is 0.0700 e. The lowest BCUT2D eigenvalue weighted by Crippen LogP contribution is -2.55. The topological polar surface area (TPSA) is 23.5 Å². The molecule has 2 nitrogen and oxygen atoms in total. The van der Waals surface area contributed by atoms with Crippen molar-refractivity contribution in [3.63, 3.8) is 0 Å². The fourth-order valence-electron chi connectivity index (χ4n) is 4.81. The zero-order chi connectivity index (χ0) is 15.3. The Morgan fingerprint density at radius 1 is 1.19 bits per heavy atom. The van der Waals surface area contributed by atoms with Gasteiger partial charge in [0.15, 0.2) is 0 Å². The van der Waals surface area contributed by atoms with Crippen molar-refractivity contribution in [2.45, 2.75) is 77.2 Å². The molecule has 2 atom stereocenters. The summed E-state index contributed by atoms with van der Waals surface area (Å²) < 4.78 is 0. The molecule has 1 saturated carbocycles. The van der Waals surface area contributed by atoms with E-state index >= 15 is 0 Å². The third-order valence-electron chi connectivity index (χ3n) is 5.97. The van der Waals surface area contributed by atoms with Crippen LogP contribution < -0.4 is 0 Å². The van der Waals surface area contributed by atoms with Gasteiger partial charge >= 0.3 is 0 Å². The Bertz CT molecular complexity index is 316. The first-order valence-electron chi connectivity index (χ1n) is 9.13. The zero-order valence-corrected chi connectivity index (χ0v) is 15.0. The van der Waals surface area contributed by atoms with Crippen molar-refractivity contribution in [1.82, 2.24) is 4.90 Å². The summed E-state index contributed by atoms with van der Waals surface area (Å²) in [6.07, 6.45) is 10.9. The predicted octanol–water partition coefficient (Wildman–Crippen LogP) is 4.13. The van der Waals surface area contributed by atoms with Crippen molar-refractivity contribution in [3.8, 4) is 0 Å². The molecule has 3 heteroatoms. The molecule has 0 aromatic rings. The summed E-state index contributed by atoms with van der Waals surface area (Å²) >= 11 is 4.70. The third-order valence-corrected chi connectivity index (χ3v) is 6.64. The summed E-state index contributed by atoms with van der Waals surface area (Å²) in [4.78, 5) is 2.64. The highest BCUT2D eigenvalue weighted by Gasteiger charge is 2.43. The van der Waals surface area contributed by atoms with Gasteiger partial charge in [-0.1, -0.05) is 39.5 Å². The van der Waals surface area contributed by atoms with E-state index in [0.717, 1.165) is 31.7 Å². The Kier molecular flexibility index (Phi) is 6.46. The molecule has 0 amide bonds. The Balaban J connectivity index is 1.98. The lowest BCUT2D eigenvalue weighted by Gasteiger charge is -2.49. The SMILES string of the molecule is CCCC(CS)(CCC)CN1CCC2(O)CCCCC2C1. The van der Waals surface area contributed by atoms with Gasteiger partial charge in [0, 0.05) is 25.6 Å². The summed E-state index contributed by atoms with van der Waals surface area (Å²) in [6.45, 7) is 7.97. The summed E-state index contributed by atoms with van der Waals surface area (Å²) in [5.41, 5.74) is 0.0463. The van der Waals surface area contributed by atoms with Crippen molar-refractivity contribution in [2.75, 3.05) is 25.4 Å². The van der Waals surface area contributed by atoms with Gasteiger partial charge in [-0.25, -0.2) is 0 Å². The van der Waals surface area contributed by atoms with Crippen LogP contribution in [0.2, 0.25) is 0 Å². The molecule has 124 valence electrons. The minimum Gasteiger partial charge on any atom is -0.390 e. The molecule has 21 heavy (non-hydrogen) atoms. The molecule has 1 aliphatic heterocycles. The van der Waals surface area contributed by atoms with Gasteiger partial charge in [0.2, 0.25) is 0 Å². The quantitative estimate of drug-likeness (QED) is 0.690. The largest absolute Gasteiger partial charge is 0.390 e. The van der Waals surface area contributed by atoms with Crippen molar-refractivity contribution in [3.05, 3.63) is 0 Å². The number of fused-ring (bicyclic) bond motifs is 1. The van der Waals surface area contributed by atoms with Gasteiger partial charge in [-0.05, 0) is 43.3 Å². The average Bonchev–Trinajstić information content (AvgIpc) is 2.48. The normalized spacial score (nSPS) is 31.1. The molecule has 0 bridgehead atoms. The Morgan fingerprint density at radius 2 is 1.90 bits per heavy atom. The molecule has 1 saturated heterocycles. The van der Waals surface area contributed by atoms with Gasteiger partial charge in [0.1, 0.15) is 0 Å². The van der Waals surface area contributed by atoms with Crippen LogP contribution in [0.1, 0.15) is 71.6 Å². The fourth-order valence-corrected chi connectivity index (χ4v) is 5.23.